The molecule has 168 valence electrons. The zero-order valence-corrected chi connectivity index (χ0v) is 19.0. The molecule has 2 N–H and O–H groups in total. The van der Waals surface area contributed by atoms with E-state index in [1.54, 1.807) is 0 Å². The summed E-state index contributed by atoms with van der Waals surface area (Å²) in [5.74, 6) is -0.298. The van der Waals surface area contributed by atoms with E-state index in [9.17, 15) is 14.7 Å². The van der Waals surface area contributed by atoms with Crippen molar-refractivity contribution < 1.29 is 14.7 Å². The molecule has 0 radical (unpaired) electrons. The Morgan fingerprint density at radius 1 is 1.26 bits per heavy atom. The molecule has 0 amide bonds. The summed E-state index contributed by atoms with van der Waals surface area (Å²) in [7, 11) is 0. The normalized spacial score (nSPS) is 26.5. The number of likely N-dealkylation sites (tertiary alicyclic amines) is 1. The number of aliphatic carboxylic acids is 1. The van der Waals surface area contributed by atoms with E-state index in [0.717, 1.165) is 50.6 Å². The van der Waals surface area contributed by atoms with Crippen molar-refractivity contribution in [2.45, 2.75) is 64.8 Å². The van der Waals surface area contributed by atoms with Crippen molar-refractivity contribution in [3.63, 3.8) is 0 Å². The van der Waals surface area contributed by atoms with Crippen LogP contribution < -0.4 is 0 Å². The van der Waals surface area contributed by atoms with Crippen LogP contribution in [0.3, 0.4) is 0 Å². The lowest BCUT2D eigenvalue weighted by Gasteiger charge is -2.48. The number of nitrogens with one attached hydrogen (secondary N) is 1. The summed E-state index contributed by atoms with van der Waals surface area (Å²) >= 11 is 0. The number of aryl methyl sites for hydroxylation is 1. The zero-order chi connectivity index (χ0) is 22.1. The molecule has 1 aliphatic heterocycles. The van der Waals surface area contributed by atoms with Crippen LogP contribution in [0.2, 0.25) is 0 Å². The maximum atomic E-state index is 12.4. The minimum Gasteiger partial charge on any atom is -0.481 e. The Labute approximate surface area is 185 Å². The van der Waals surface area contributed by atoms with Crippen LogP contribution in [0, 0.1) is 30.6 Å². The van der Waals surface area contributed by atoms with E-state index in [4.69, 9.17) is 0 Å². The number of aldehydes is 1. The van der Waals surface area contributed by atoms with Crippen molar-refractivity contribution in [1.82, 2.24) is 9.88 Å². The second-order valence-corrected chi connectivity index (χ2v) is 10.1. The first-order valence-corrected chi connectivity index (χ1v) is 11.9. The number of fused-ring (bicyclic) bond motifs is 2. The Balaban J connectivity index is 1.62. The van der Waals surface area contributed by atoms with Crippen molar-refractivity contribution >= 4 is 23.2 Å². The topological polar surface area (TPSA) is 73.4 Å². The van der Waals surface area contributed by atoms with Gasteiger partial charge in [0.15, 0.2) is 0 Å². The summed E-state index contributed by atoms with van der Waals surface area (Å²) < 4.78 is 0. The first kappa shape index (κ1) is 22.1. The molecule has 2 aromatic rings. The van der Waals surface area contributed by atoms with Crippen molar-refractivity contribution in [1.29, 1.82) is 0 Å². The van der Waals surface area contributed by atoms with Crippen LogP contribution >= 0.6 is 0 Å². The lowest BCUT2D eigenvalue weighted by molar-refractivity contribution is -0.149. The predicted molar refractivity (Wildman–Crippen MR) is 123 cm³/mol. The maximum Gasteiger partial charge on any atom is 0.306 e. The summed E-state index contributed by atoms with van der Waals surface area (Å²) in [4.78, 5) is 30.1. The number of hydrogen-bond donors (Lipinski definition) is 2. The average Bonchev–Trinajstić information content (AvgIpc) is 3.18. The SMILES string of the molecule is Cc1cccc2[nH]cc(C(C(C)C)C(C=O)CN3CCC(C(=O)O)C4CCCCC43)c12. The van der Waals surface area contributed by atoms with Gasteiger partial charge in [0.2, 0.25) is 0 Å². The van der Waals surface area contributed by atoms with Gasteiger partial charge in [-0.15, -0.1) is 0 Å². The second-order valence-electron chi connectivity index (χ2n) is 10.1. The molecule has 5 unspecified atom stereocenters. The fourth-order valence-corrected chi connectivity index (χ4v) is 6.54. The molecule has 5 nitrogen and oxygen atoms in total. The molecular formula is C26H36N2O3. The van der Waals surface area contributed by atoms with E-state index < -0.39 is 5.97 Å². The van der Waals surface area contributed by atoms with Crippen molar-refractivity contribution in [2.24, 2.45) is 23.7 Å². The van der Waals surface area contributed by atoms with E-state index in [1.807, 2.05) is 0 Å². The van der Waals surface area contributed by atoms with Gasteiger partial charge in [-0.2, -0.15) is 0 Å². The Morgan fingerprint density at radius 2 is 2.03 bits per heavy atom. The predicted octanol–water partition coefficient (Wildman–Crippen LogP) is 5.00. The van der Waals surface area contributed by atoms with Crippen LogP contribution in [0.15, 0.2) is 24.4 Å². The van der Waals surface area contributed by atoms with Gasteiger partial charge < -0.3 is 14.9 Å². The largest absolute Gasteiger partial charge is 0.481 e. The number of aromatic nitrogens is 1. The van der Waals surface area contributed by atoms with E-state index >= 15 is 0 Å². The van der Waals surface area contributed by atoms with E-state index in [-0.39, 0.29) is 23.7 Å². The molecule has 1 saturated heterocycles. The highest BCUT2D eigenvalue weighted by Gasteiger charge is 2.43. The molecule has 31 heavy (non-hydrogen) atoms. The highest BCUT2D eigenvalue weighted by atomic mass is 16.4. The Hall–Kier alpha value is -2.14. The smallest absolute Gasteiger partial charge is 0.306 e. The van der Waals surface area contributed by atoms with E-state index in [2.05, 4.69) is 55.1 Å². The summed E-state index contributed by atoms with van der Waals surface area (Å²) in [6.07, 6.45) is 8.28. The molecule has 1 aromatic heterocycles. The molecule has 1 saturated carbocycles. The minimum absolute atomic E-state index is 0.109. The van der Waals surface area contributed by atoms with Crippen LogP contribution in [-0.4, -0.2) is 46.4 Å². The van der Waals surface area contributed by atoms with Gasteiger partial charge in [-0.25, -0.2) is 0 Å². The Kier molecular flexibility index (Phi) is 6.52. The first-order valence-electron chi connectivity index (χ1n) is 11.9. The van der Waals surface area contributed by atoms with Gasteiger partial charge in [-0.05, 0) is 67.7 Å². The highest BCUT2D eigenvalue weighted by Crippen LogP contribution is 2.42. The molecule has 4 rings (SSSR count). The first-order chi connectivity index (χ1) is 14.9. The number of carboxylic acids is 1. The lowest BCUT2D eigenvalue weighted by atomic mass is 9.71. The van der Waals surface area contributed by atoms with Gasteiger partial charge in [0.25, 0.3) is 0 Å². The molecule has 1 aromatic carbocycles. The quantitative estimate of drug-likeness (QED) is 0.614. The number of rotatable bonds is 7. The third-order valence-corrected chi connectivity index (χ3v) is 7.92. The van der Waals surface area contributed by atoms with Gasteiger partial charge in [-0.1, -0.05) is 38.8 Å². The van der Waals surface area contributed by atoms with Crippen LogP contribution in [-0.2, 0) is 9.59 Å². The van der Waals surface area contributed by atoms with Crippen molar-refractivity contribution in [3.8, 4) is 0 Å². The van der Waals surface area contributed by atoms with Crippen LogP contribution in [0.1, 0.15) is 63.0 Å². The fraction of sp³-hybridized carbons (Fsp3) is 0.615. The molecule has 0 bridgehead atoms. The van der Waals surface area contributed by atoms with Gasteiger partial charge in [-0.3, -0.25) is 9.69 Å². The third-order valence-electron chi connectivity index (χ3n) is 7.92. The van der Waals surface area contributed by atoms with Gasteiger partial charge >= 0.3 is 5.97 Å². The Morgan fingerprint density at radius 3 is 2.74 bits per heavy atom. The maximum absolute atomic E-state index is 12.4. The van der Waals surface area contributed by atoms with Crippen LogP contribution in [0.25, 0.3) is 10.9 Å². The monoisotopic (exact) mass is 424 g/mol. The van der Waals surface area contributed by atoms with E-state index in [1.165, 1.54) is 16.5 Å². The van der Waals surface area contributed by atoms with Crippen LogP contribution in [0.4, 0.5) is 0 Å². The number of H-pyrrole nitrogens is 1. The summed E-state index contributed by atoms with van der Waals surface area (Å²) in [6, 6.07) is 6.59. The Bertz CT molecular complexity index is 934. The van der Waals surface area contributed by atoms with Crippen LogP contribution in [0.5, 0.6) is 0 Å². The molecular weight excluding hydrogens is 388 g/mol. The number of nitrogens with zero attached hydrogens (tertiary/aromatic N) is 1. The number of piperidine rings is 1. The summed E-state index contributed by atoms with van der Waals surface area (Å²) in [5.41, 5.74) is 3.60. The zero-order valence-electron chi connectivity index (χ0n) is 19.0. The minimum atomic E-state index is -0.641. The average molecular weight is 425 g/mol. The number of carboxylic acid groups (broad SMARTS) is 1. The van der Waals surface area contributed by atoms with Crippen molar-refractivity contribution in [3.05, 3.63) is 35.5 Å². The lowest BCUT2D eigenvalue weighted by Crippen LogP contribution is -2.54. The molecule has 0 spiro atoms. The molecule has 5 heteroatoms. The summed E-state index contributed by atoms with van der Waals surface area (Å²) in [5, 5.41) is 11.0. The number of aromatic amines is 1. The fourth-order valence-electron chi connectivity index (χ4n) is 6.54. The van der Waals surface area contributed by atoms with E-state index in [0.29, 0.717) is 18.4 Å². The number of benzene rings is 1. The standard InChI is InChI=1S/C26H36N2O3/c1-16(2)24(21-13-27-22-9-6-7-17(3)25(21)22)18(15-29)14-28-12-11-20(26(30)31)19-8-4-5-10-23(19)28/h6-7,9,13,15-16,18-20,23-24,27H,4-5,8,10-12,14H2,1-3H3,(H,30,31). The molecule has 2 heterocycles. The highest BCUT2D eigenvalue weighted by molar-refractivity contribution is 5.87. The van der Waals surface area contributed by atoms with Gasteiger partial charge in [0.05, 0.1) is 5.92 Å². The second kappa shape index (κ2) is 9.15. The number of carbonyl (C=O) groups is 2. The van der Waals surface area contributed by atoms with Gasteiger partial charge in [0, 0.05) is 35.6 Å². The number of hydrogen-bond acceptors (Lipinski definition) is 3. The third kappa shape index (κ3) is 4.17. The number of carbonyl (C=O) groups excluding carboxylic acids is 1. The molecule has 2 aliphatic rings. The molecule has 1 aliphatic carbocycles. The molecule has 5 atom stereocenters. The molecule has 2 fully saturated rings. The summed E-state index contributed by atoms with van der Waals surface area (Å²) in [6.45, 7) is 8.05. The van der Waals surface area contributed by atoms with Crippen molar-refractivity contribution in [2.75, 3.05) is 13.1 Å². The van der Waals surface area contributed by atoms with Gasteiger partial charge in [0.1, 0.15) is 6.29 Å².